The molecule has 0 unspecified atom stereocenters. The molecule has 0 aliphatic rings. The normalized spacial score (nSPS) is 11.0. The Balaban J connectivity index is 2.83. The lowest BCUT2D eigenvalue weighted by molar-refractivity contribution is 0.481. The summed E-state index contributed by atoms with van der Waals surface area (Å²) in [6.45, 7) is 3.64. The zero-order valence-corrected chi connectivity index (χ0v) is 10.4. The largest absolute Gasteiger partial charge is 0.393 e. The molecule has 0 fully saturated rings. The van der Waals surface area contributed by atoms with Crippen LogP contribution in [0.25, 0.3) is 5.69 Å². The first-order valence-corrected chi connectivity index (χ1v) is 5.61. The van der Waals surface area contributed by atoms with Crippen LogP contribution in [0.15, 0.2) is 16.9 Å². The number of hydrogen-bond acceptors (Lipinski definition) is 2. The Morgan fingerprint density at radius 1 is 1.16 bits per heavy atom. The fraction of sp³-hybridized carbons (Fsp3) is 0.250. The van der Waals surface area contributed by atoms with Gasteiger partial charge in [0.2, 0.25) is 0 Å². The van der Waals surface area contributed by atoms with Gasteiger partial charge in [0.05, 0.1) is 5.69 Å². The summed E-state index contributed by atoms with van der Waals surface area (Å²) in [5, 5.41) is 0. The van der Waals surface area contributed by atoms with E-state index in [0.29, 0.717) is 24.4 Å². The first-order valence-electron chi connectivity index (χ1n) is 5.61. The number of benzene rings is 1. The van der Waals surface area contributed by atoms with Gasteiger partial charge in [-0.25, -0.2) is 17.9 Å². The fourth-order valence-corrected chi connectivity index (χ4v) is 1.96. The highest BCUT2D eigenvalue weighted by molar-refractivity contribution is 5.45. The molecule has 0 atom stereocenters. The maximum Gasteiger partial charge on any atom is 0.294 e. The molecule has 2 N–H and O–H groups in total. The van der Waals surface area contributed by atoms with Crippen LogP contribution in [0.3, 0.4) is 0 Å². The Hall–Kier alpha value is -2.18. The highest BCUT2D eigenvalue weighted by atomic mass is 19.2. The van der Waals surface area contributed by atoms with Crippen molar-refractivity contribution < 1.29 is 13.2 Å². The van der Waals surface area contributed by atoms with Crippen LogP contribution in [-0.2, 0) is 6.54 Å². The van der Waals surface area contributed by atoms with Crippen molar-refractivity contribution in [3.8, 4) is 5.69 Å². The second kappa shape index (κ2) is 4.49. The standard InChI is InChI=1S/C12H12F3N3O/c1-3-17-6(2)11(16)12(19)18(17)10-5-8(14)7(13)4-9(10)15/h4-5H,3,16H2,1-2H3. The second-order valence-electron chi connectivity index (χ2n) is 4.05. The van der Waals surface area contributed by atoms with Gasteiger partial charge in [0.1, 0.15) is 11.4 Å². The third kappa shape index (κ3) is 1.91. The van der Waals surface area contributed by atoms with Crippen molar-refractivity contribution in [1.29, 1.82) is 0 Å². The van der Waals surface area contributed by atoms with Crippen molar-refractivity contribution in [1.82, 2.24) is 9.36 Å². The molecule has 4 nitrogen and oxygen atoms in total. The van der Waals surface area contributed by atoms with E-state index >= 15 is 0 Å². The monoisotopic (exact) mass is 271 g/mol. The van der Waals surface area contributed by atoms with Gasteiger partial charge in [-0.3, -0.25) is 9.48 Å². The summed E-state index contributed by atoms with van der Waals surface area (Å²) in [6.07, 6.45) is 0. The molecule has 0 aliphatic heterocycles. The Morgan fingerprint density at radius 3 is 2.32 bits per heavy atom. The van der Waals surface area contributed by atoms with Gasteiger partial charge in [0.25, 0.3) is 5.56 Å². The van der Waals surface area contributed by atoms with E-state index in [0.717, 1.165) is 4.68 Å². The van der Waals surface area contributed by atoms with Crippen molar-refractivity contribution in [3.05, 3.63) is 45.6 Å². The van der Waals surface area contributed by atoms with Crippen LogP contribution in [0, 0.1) is 24.4 Å². The van der Waals surface area contributed by atoms with Gasteiger partial charge in [-0.15, -0.1) is 0 Å². The molecule has 1 aromatic heterocycles. The second-order valence-corrected chi connectivity index (χ2v) is 4.05. The van der Waals surface area contributed by atoms with Crippen molar-refractivity contribution >= 4 is 5.69 Å². The lowest BCUT2D eigenvalue weighted by Crippen LogP contribution is -2.23. The maximum atomic E-state index is 13.7. The summed E-state index contributed by atoms with van der Waals surface area (Å²) < 4.78 is 42.2. The van der Waals surface area contributed by atoms with E-state index in [1.807, 2.05) is 0 Å². The van der Waals surface area contributed by atoms with Crippen LogP contribution < -0.4 is 11.3 Å². The van der Waals surface area contributed by atoms with E-state index in [9.17, 15) is 18.0 Å². The van der Waals surface area contributed by atoms with Crippen molar-refractivity contribution in [2.45, 2.75) is 20.4 Å². The van der Waals surface area contributed by atoms with E-state index in [1.54, 1.807) is 13.8 Å². The van der Waals surface area contributed by atoms with Gasteiger partial charge >= 0.3 is 0 Å². The molecule has 2 aromatic rings. The molecule has 0 saturated carbocycles. The average molecular weight is 271 g/mol. The number of rotatable bonds is 2. The molecule has 2 rings (SSSR count). The first kappa shape index (κ1) is 13.3. The minimum atomic E-state index is -1.31. The summed E-state index contributed by atoms with van der Waals surface area (Å²) in [6, 6.07) is 1.03. The minimum absolute atomic E-state index is 0.0500. The van der Waals surface area contributed by atoms with Gasteiger partial charge in [-0.05, 0) is 13.8 Å². The highest BCUT2D eigenvalue weighted by Crippen LogP contribution is 2.19. The lowest BCUT2D eigenvalue weighted by Gasteiger charge is -2.12. The van der Waals surface area contributed by atoms with E-state index in [-0.39, 0.29) is 11.4 Å². The van der Waals surface area contributed by atoms with Crippen LogP contribution in [0.4, 0.5) is 18.9 Å². The molecule has 0 amide bonds. The first-order chi connectivity index (χ1) is 8.88. The molecular weight excluding hydrogens is 259 g/mol. The molecule has 19 heavy (non-hydrogen) atoms. The summed E-state index contributed by atoms with van der Waals surface area (Å²) in [5.41, 5.74) is 4.95. The number of nitrogens with two attached hydrogens (primary N) is 1. The number of halogens is 3. The maximum absolute atomic E-state index is 13.7. The predicted octanol–water partition coefficient (Wildman–Crippen LogP) is 1.97. The molecule has 7 heteroatoms. The van der Waals surface area contributed by atoms with Gasteiger partial charge in [-0.2, -0.15) is 0 Å². The van der Waals surface area contributed by atoms with Crippen molar-refractivity contribution in [3.63, 3.8) is 0 Å². The molecule has 0 radical (unpaired) electrons. The third-order valence-corrected chi connectivity index (χ3v) is 2.96. The zero-order valence-electron chi connectivity index (χ0n) is 10.4. The van der Waals surface area contributed by atoms with Gasteiger partial charge in [-0.1, -0.05) is 0 Å². The summed E-state index contributed by atoms with van der Waals surface area (Å²) in [5.74, 6) is -3.58. The SMILES string of the molecule is CCn1c(C)c(N)c(=O)n1-c1cc(F)c(F)cc1F. The highest BCUT2D eigenvalue weighted by Gasteiger charge is 2.19. The van der Waals surface area contributed by atoms with E-state index in [1.165, 1.54) is 4.68 Å². The van der Waals surface area contributed by atoms with Crippen LogP contribution in [0.1, 0.15) is 12.6 Å². The summed E-state index contributed by atoms with van der Waals surface area (Å²) in [7, 11) is 0. The Kier molecular flexibility index (Phi) is 3.13. The predicted molar refractivity (Wildman–Crippen MR) is 64.7 cm³/mol. The van der Waals surface area contributed by atoms with E-state index in [2.05, 4.69) is 0 Å². The molecule has 0 aliphatic carbocycles. The Labute approximate surface area is 106 Å². The van der Waals surface area contributed by atoms with Crippen LogP contribution in [0.2, 0.25) is 0 Å². The average Bonchev–Trinajstić information content (AvgIpc) is 2.58. The number of nitrogens with zero attached hydrogens (tertiary/aromatic N) is 2. The van der Waals surface area contributed by atoms with Crippen LogP contribution in [-0.4, -0.2) is 9.36 Å². The molecule has 0 bridgehead atoms. The minimum Gasteiger partial charge on any atom is -0.393 e. The smallest absolute Gasteiger partial charge is 0.294 e. The van der Waals surface area contributed by atoms with Crippen LogP contribution >= 0.6 is 0 Å². The summed E-state index contributed by atoms with van der Waals surface area (Å²) >= 11 is 0. The topological polar surface area (TPSA) is 52.9 Å². The van der Waals surface area contributed by atoms with E-state index in [4.69, 9.17) is 5.73 Å². The quantitative estimate of drug-likeness (QED) is 0.849. The fourth-order valence-electron chi connectivity index (χ4n) is 1.96. The van der Waals surface area contributed by atoms with Gasteiger partial charge < -0.3 is 5.73 Å². The third-order valence-electron chi connectivity index (χ3n) is 2.96. The number of anilines is 1. The molecule has 0 saturated heterocycles. The zero-order chi connectivity index (χ0) is 14.3. The Bertz CT molecular complexity index is 703. The molecule has 1 aromatic carbocycles. The molecular formula is C12H12F3N3O. The number of aromatic nitrogens is 2. The Morgan fingerprint density at radius 2 is 1.74 bits per heavy atom. The van der Waals surface area contributed by atoms with Gasteiger partial charge in [0.15, 0.2) is 17.5 Å². The number of nitrogen functional groups attached to an aromatic ring is 1. The van der Waals surface area contributed by atoms with Crippen molar-refractivity contribution in [2.24, 2.45) is 0 Å². The summed E-state index contributed by atoms with van der Waals surface area (Å²) in [4.78, 5) is 12.0. The molecule has 0 spiro atoms. The molecule has 1 heterocycles. The lowest BCUT2D eigenvalue weighted by atomic mass is 10.3. The van der Waals surface area contributed by atoms with Crippen LogP contribution in [0.5, 0.6) is 0 Å². The molecule has 102 valence electrons. The number of hydrogen-bond donors (Lipinski definition) is 1. The van der Waals surface area contributed by atoms with Gasteiger partial charge in [0, 0.05) is 18.7 Å². The van der Waals surface area contributed by atoms with Crippen molar-refractivity contribution in [2.75, 3.05) is 5.73 Å². The van der Waals surface area contributed by atoms with E-state index < -0.39 is 23.0 Å².